The fourth-order valence-electron chi connectivity index (χ4n) is 1.72. The fourth-order valence-corrected chi connectivity index (χ4v) is 2.63. The summed E-state index contributed by atoms with van der Waals surface area (Å²) in [6.07, 6.45) is 0.468. The molecule has 0 saturated carbocycles. The van der Waals surface area contributed by atoms with Crippen LogP contribution in [-0.2, 0) is 4.79 Å². The molecule has 16 heavy (non-hydrogen) atoms. The number of nitrogens with zero attached hydrogens (tertiary/aromatic N) is 2. The Morgan fingerprint density at radius 2 is 2.31 bits per heavy atom. The minimum Gasteiger partial charge on any atom is -0.310 e. The lowest BCUT2D eigenvalue weighted by atomic mass is 10.2. The van der Waals surface area contributed by atoms with Crippen molar-refractivity contribution < 1.29 is 4.79 Å². The second-order valence-corrected chi connectivity index (χ2v) is 5.22. The van der Waals surface area contributed by atoms with Gasteiger partial charge in [-0.2, -0.15) is 17.9 Å². The number of anilines is 1. The molecule has 5 heteroatoms. The highest BCUT2D eigenvalue weighted by Crippen LogP contribution is 2.31. The van der Waals surface area contributed by atoms with E-state index in [-0.39, 0.29) is 11.2 Å². The van der Waals surface area contributed by atoms with Crippen LogP contribution in [0.2, 0.25) is 0 Å². The van der Waals surface area contributed by atoms with Crippen LogP contribution >= 0.6 is 28.6 Å². The molecule has 0 bridgehead atoms. The average Bonchev–Trinajstić information content (AvgIpc) is 2.57. The SMILES string of the molecule is N#Cc1ccc(N2CC(S)CC2=O)c(Br)c1. The maximum absolute atomic E-state index is 11.7. The summed E-state index contributed by atoms with van der Waals surface area (Å²) in [7, 11) is 0. The Hall–Kier alpha value is -0.990. The molecule has 1 amide bonds. The molecule has 0 aromatic heterocycles. The molecule has 82 valence electrons. The Bertz CT molecular complexity index is 483. The maximum atomic E-state index is 11.7. The van der Waals surface area contributed by atoms with Gasteiger partial charge in [-0.15, -0.1) is 0 Å². The first kappa shape index (κ1) is 11.5. The number of rotatable bonds is 1. The second kappa shape index (κ2) is 4.48. The van der Waals surface area contributed by atoms with E-state index in [1.54, 1.807) is 23.1 Å². The van der Waals surface area contributed by atoms with E-state index < -0.39 is 0 Å². The van der Waals surface area contributed by atoms with Crippen molar-refractivity contribution in [1.82, 2.24) is 0 Å². The first-order valence-electron chi connectivity index (χ1n) is 4.80. The summed E-state index contributed by atoms with van der Waals surface area (Å²) in [5.41, 5.74) is 1.38. The van der Waals surface area contributed by atoms with Crippen molar-refractivity contribution in [2.24, 2.45) is 0 Å². The Morgan fingerprint density at radius 1 is 1.56 bits per heavy atom. The molecule has 3 nitrogen and oxygen atoms in total. The van der Waals surface area contributed by atoms with Gasteiger partial charge in [0.1, 0.15) is 0 Å². The normalized spacial score (nSPS) is 19.9. The van der Waals surface area contributed by atoms with Crippen molar-refractivity contribution in [3.8, 4) is 6.07 Å². The van der Waals surface area contributed by atoms with E-state index in [2.05, 4.69) is 34.6 Å². The minimum absolute atomic E-state index is 0.0745. The van der Waals surface area contributed by atoms with Crippen molar-refractivity contribution in [3.05, 3.63) is 28.2 Å². The Morgan fingerprint density at radius 3 is 2.81 bits per heavy atom. The molecule has 2 rings (SSSR count). The fraction of sp³-hybridized carbons (Fsp3) is 0.273. The number of thiol groups is 1. The van der Waals surface area contributed by atoms with Crippen molar-refractivity contribution in [1.29, 1.82) is 5.26 Å². The number of carbonyl (C=O) groups excluding carboxylic acids is 1. The molecule has 1 atom stereocenters. The molecule has 1 aliphatic rings. The Kier molecular flexibility index (Phi) is 3.22. The zero-order chi connectivity index (χ0) is 11.7. The zero-order valence-electron chi connectivity index (χ0n) is 8.35. The zero-order valence-corrected chi connectivity index (χ0v) is 10.8. The molecule has 0 aliphatic carbocycles. The largest absolute Gasteiger partial charge is 0.310 e. The highest BCUT2D eigenvalue weighted by Gasteiger charge is 2.29. The van der Waals surface area contributed by atoms with Crippen LogP contribution in [0.5, 0.6) is 0 Å². The molecular weight excluding hydrogens is 288 g/mol. The van der Waals surface area contributed by atoms with Gasteiger partial charge >= 0.3 is 0 Å². The molecular formula is C11H9BrN2OS. The molecule has 1 aromatic rings. The number of hydrogen-bond acceptors (Lipinski definition) is 3. The van der Waals surface area contributed by atoms with Gasteiger partial charge in [-0.05, 0) is 34.1 Å². The highest BCUT2D eigenvalue weighted by molar-refractivity contribution is 9.10. The lowest BCUT2D eigenvalue weighted by molar-refractivity contribution is -0.117. The van der Waals surface area contributed by atoms with Gasteiger partial charge in [-0.25, -0.2) is 0 Å². The van der Waals surface area contributed by atoms with Gasteiger partial charge in [0.15, 0.2) is 0 Å². The third-order valence-corrected chi connectivity index (χ3v) is 3.45. The Balaban J connectivity index is 2.35. The maximum Gasteiger partial charge on any atom is 0.228 e. The van der Waals surface area contributed by atoms with Crippen LogP contribution in [0.15, 0.2) is 22.7 Å². The molecule has 1 aromatic carbocycles. The number of carbonyl (C=O) groups is 1. The van der Waals surface area contributed by atoms with Crippen LogP contribution in [0.3, 0.4) is 0 Å². The van der Waals surface area contributed by atoms with Gasteiger partial charge in [-0.3, -0.25) is 4.79 Å². The monoisotopic (exact) mass is 296 g/mol. The number of nitriles is 1. The van der Waals surface area contributed by atoms with Crippen LogP contribution in [0.4, 0.5) is 5.69 Å². The molecule has 1 aliphatic heterocycles. The van der Waals surface area contributed by atoms with E-state index in [1.165, 1.54) is 0 Å². The second-order valence-electron chi connectivity index (χ2n) is 3.64. The third-order valence-electron chi connectivity index (χ3n) is 2.47. The number of hydrogen-bond donors (Lipinski definition) is 1. The molecule has 1 heterocycles. The smallest absolute Gasteiger partial charge is 0.228 e. The van der Waals surface area contributed by atoms with Gasteiger partial charge in [0.05, 0.1) is 17.3 Å². The molecule has 1 fully saturated rings. The van der Waals surface area contributed by atoms with Crippen molar-refractivity contribution in [2.45, 2.75) is 11.7 Å². The van der Waals surface area contributed by atoms with Gasteiger partial charge in [0, 0.05) is 22.7 Å². The van der Waals surface area contributed by atoms with E-state index in [0.29, 0.717) is 18.5 Å². The summed E-state index contributed by atoms with van der Waals surface area (Å²) in [5.74, 6) is 0.0745. The van der Waals surface area contributed by atoms with E-state index >= 15 is 0 Å². The highest BCUT2D eigenvalue weighted by atomic mass is 79.9. The third kappa shape index (κ3) is 2.08. The molecule has 1 saturated heterocycles. The molecule has 0 spiro atoms. The van der Waals surface area contributed by atoms with Gasteiger partial charge in [0.25, 0.3) is 0 Å². The van der Waals surface area contributed by atoms with Crippen LogP contribution in [0.25, 0.3) is 0 Å². The number of amides is 1. The Labute approximate surface area is 108 Å². The summed E-state index contributed by atoms with van der Waals surface area (Å²) >= 11 is 7.68. The quantitative estimate of drug-likeness (QED) is 0.809. The van der Waals surface area contributed by atoms with E-state index in [9.17, 15) is 4.79 Å². The van der Waals surface area contributed by atoms with Crippen LogP contribution < -0.4 is 4.90 Å². The first-order chi connectivity index (χ1) is 7.61. The summed E-state index contributed by atoms with van der Waals surface area (Å²) in [6.45, 7) is 0.618. The van der Waals surface area contributed by atoms with Gasteiger partial charge < -0.3 is 4.90 Å². The first-order valence-corrected chi connectivity index (χ1v) is 6.11. The van der Waals surface area contributed by atoms with Crippen LogP contribution in [-0.4, -0.2) is 17.7 Å². The molecule has 0 N–H and O–H groups in total. The average molecular weight is 297 g/mol. The molecule has 1 unspecified atom stereocenters. The lowest BCUT2D eigenvalue weighted by Gasteiger charge is -2.17. The number of halogens is 1. The van der Waals surface area contributed by atoms with E-state index in [1.807, 2.05) is 0 Å². The number of benzene rings is 1. The minimum atomic E-state index is 0.0745. The van der Waals surface area contributed by atoms with Crippen molar-refractivity contribution >= 4 is 40.2 Å². The summed E-state index contributed by atoms with van der Waals surface area (Å²) < 4.78 is 0.766. The van der Waals surface area contributed by atoms with Crippen molar-refractivity contribution in [3.63, 3.8) is 0 Å². The standard InChI is InChI=1S/C11H9BrN2OS/c12-9-3-7(5-13)1-2-10(9)14-6-8(16)4-11(14)15/h1-3,8,16H,4,6H2. The predicted octanol–water partition coefficient (Wildman–Crippen LogP) is 2.36. The van der Waals surface area contributed by atoms with Gasteiger partial charge in [0.2, 0.25) is 5.91 Å². The van der Waals surface area contributed by atoms with Crippen molar-refractivity contribution in [2.75, 3.05) is 11.4 Å². The summed E-state index contributed by atoms with van der Waals surface area (Å²) in [6, 6.07) is 7.27. The van der Waals surface area contributed by atoms with Gasteiger partial charge in [-0.1, -0.05) is 0 Å². The van der Waals surface area contributed by atoms with E-state index in [4.69, 9.17) is 5.26 Å². The van der Waals surface area contributed by atoms with E-state index in [0.717, 1.165) is 10.2 Å². The summed E-state index contributed by atoms with van der Waals surface area (Å²) in [4.78, 5) is 13.4. The predicted molar refractivity (Wildman–Crippen MR) is 68.6 cm³/mol. The summed E-state index contributed by atoms with van der Waals surface area (Å²) in [5, 5.41) is 8.84. The molecule has 0 radical (unpaired) electrons. The topological polar surface area (TPSA) is 44.1 Å². The van der Waals surface area contributed by atoms with Crippen LogP contribution in [0, 0.1) is 11.3 Å². The lowest BCUT2D eigenvalue weighted by Crippen LogP contribution is -2.24. The van der Waals surface area contributed by atoms with Crippen LogP contribution in [0.1, 0.15) is 12.0 Å².